The molecule has 1 fully saturated rings. The standard InChI is InChI=1S/C17H16N6O2/c18-16-21-14(22-17(19)23-16)8-25-15(24)11-7-13(9-5-6-9)20-12-4-2-1-3-10(11)12/h1-4,7,9H,5-6,8H2,(H4,18,19,21,22,23). The van der Waals surface area contributed by atoms with Crippen LogP contribution in [-0.4, -0.2) is 25.9 Å². The molecule has 0 saturated heterocycles. The molecule has 8 nitrogen and oxygen atoms in total. The van der Waals surface area contributed by atoms with Crippen LogP contribution in [0.3, 0.4) is 0 Å². The summed E-state index contributed by atoms with van der Waals surface area (Å²) < 4.78 is 5.36. The van der Waals surface area contributed by atoms with Gasteiger partial charge in [-0.25, -0.2) is 4.79 Å². The van der Waals surface area contributed by atoms with Gasteiger partial charge in [0.15, 0.2) is 12.4 Å². The fourth-order valence-electron chi connectivity index (χ4n) is 2.68. The predicted octanol–water partition coefficient (Wildman–Crippen LogP) is 1.82. The average molecular weight is 336 g/mol. The number of fused-ring (bicyclic) bond motifs is 1. The molecule has 25 heavy (non-hydrogen) atoms. The van der Waals surface area contributed by atoms with Crippen LogP contribution in [-0.2, 0) is 11.3 Å². The number of carbonyl (C=O) groups excluding carboxylic acids is 1. The van der Waals surface area contributed by atoms with E-state index in [9.17, 15) is 4.79 Å². The molecule has 1 aromatic carbocycles. The van der Waals surface area contributed by atoms with Crippen molar-refractivity contribution in [1.29, 1.82) is 0 Å². The van der Waals surface area contributed by atoms with Crippen LogP contribution in [0.5, 0.6) is 0 Å². The van der Waals surface area contributed by atoms with Crippen molar-refractivity contribution in [3.63, 3.8) is 0 Å². The second-order valence-corrected chi connectivity index (χ2v) is 5.93. The molecule has 1 aliphatic rings. The number of para-hydroxylation sites is 1. The summed E-state index contributed by atoms with van der Waals surface area (Å²) >= 11 is 0. The number of nitrogen functional groups attached to an aromatic ring is 2. The molecule has 0 amide bonds. The number of aromatic nitrogens is 4. The lowest BCUT2D eigenvalue weighted by Gasteiger charge is -2.09. The van der Waals surface area contributed by atoms with Gasteiger partial charge in [0.05, 0.1) is 11.1 Å². The normalized spacial score (nSPS) is 13.8. The van der Waals surface area contributed by atoms with Crippen LogP contribution in [0.2, 0.25) is 0 Å². The highest BCUT2D eigenvalue weighted by Gasteiger charge is 2.27. The van der Waals surface area contributed by atoms with Crippen molar-refractivity contribution in [3.05, 3.63) is 47.4 Å². The minimum Gasteiger partial charge on any atom is -0.454 e. The van der Waals surface area contributed by atoms with E-state index in [2.05, 4.69) is 19.9 Å². The van der Waals surface area contributed by atoms with Gasteiger partial charge in [0.25, 0.3) is 0 Å². The molecule has 0 aliphatic heterocycles. The first kappa shape index (κ1) is 15.3. The smallest absolute Gasteiger partial charge is 0.339 e. The lowest BCUT2D eigenvalue weighted by atomic mass is 10.1. The number of nitrogens with two attached hydrogens (primary N) is 2. The molecule has 0 atom stereocenters. The molecule has 0 bridgehead atoms. The van der Waals surface area contributed by atoms with Crippen molar-refractivity contribution in [2.75, 3.05) is 11.5 Å². The number of hydrogen-bond donors (Lipinski definition) is 2. The van der Waals surface area contributed by atoms with Crippen molar-refractivity contribution < 1.29 is 9.53 Å². The fraction of sp³-hybridized carbons (Fsp3) is 0.235. The van der Waals surface area contributed by atoms with Crippen LogP contribution in [0.25, 0.3) is 10.9 Å². The van der Waals surface area contributed by atoms with E-state index in [4.69, 9.17) is 16.2 Å². The molecule has 3 aromatic rings. The minimum atomic E-state index is -0.460. The van der Waals surface area contributed by atoms with E-state index in [1.165, 1.54) is 0 Å². The van der Waals surface area contributed by atoms with Gasteiger partial charge in [-0.1, -0.05) is 18.2 Å². The third-order valence-corrected chi connectivity index (χ3v) is 4.00. The van der Waals surface area contributed by atoms with Crippen molar-refractivity contribution in [1.82, 2.24) is 19.9 Å². The summed E-state index contributed by atoms with van der Waals surface area (Å²) in [5.74, 6) is 0.157. The Morgan fingerprint density at radius 1 is 1.08 bits per heavy atom. The monoisotopic (exact) mass is 336 g/mol. The van der Waals surface area contributed by atoms with E-state index in [-0.39, 0.29) is 24.3 Å². The molecule has 0 unspecified atom stereocenters. The largest absolute Gasteiger partial charge is 0.454 e. The maximum absolute atomic E-state index is 12.6. The van der Waals surface area contributed by atoms with E-state index in [1.54, 1.807) is 0 Å². The third-order valence-electron chi connectivity index (χ3n) is 4.00. The number of rotatable bonds is 4. The maximum atomic E-state index is 12.6. The molecule has 0 spiro atoms. The van der Waals surface area contributed by atoms with Gasteiger partial charge in [-0.15, -0.1) is 0 Å². The van der Waals surface area contributed by atoms with Crippen LogP contribution in [0.15, 0.2) is 30.3 Å². The summed E-state index contributed by atoms with van der Waals surface area (Å²) in [6.07, 6.45) is 2.20. The zero-order chi connectivity index (χ0) is 17.4. The molecule has 1 saturated carbocycles. The number of ether oxygens (including phenoxy) is 1. The van der Waals surface area contributed by atoms with Gasteiger partial charge in [0, 0.05) is 17.0 Å². The Balaban J connectivity index is 1.62. The second-order valence-electron chi connectivity index (χ2n) is 5.93. The first-order chi connectivity index (χ1) is 12.1. The maximum Gasteiger partial charge on any atom is 0.339 e. The number of hydrogen-bond acceptors (Lipinski definition) is 8. The highest BCUT2D eigenvalue weighted by molar-refractivity contribution is 6.03. The Bertz CT molecular complexity index is 950. The number of carbonyl (C=O) groups is 1. The third kappa shape index (κ3) is 3.18. The molecule has 0 radical (unpaired) electrons. The minimum absolute atomic E-state index is 0.0103. The van der Waals surface area contributed by atoms with Gasteiger partial charge in [0.1, 0.15) is 0 Å². The molecule has 2 heterocycles. The molecule has 4 rings (SSSR count). The van der Waals surface area contributed by atoms with Crippen LogP contribution >= 0.6 is 0 Å². The number of nitrogens with zero attached hydrogens (tertiary/aromatic N) is 4. The van der Waals surface area contributed by atoms with Gasteiger partial charge >= 0.3 is 5.97 Å². The van der Waals surface area contributed by atoms with Crippen molar-refractivity contribution in [2.24, 2.45) is 0 Å². The van der Waals surface area contributed by atoms with E-state index in [0.717, 1.165) is 29.4 Å². The first-order valence-corrected chi connectivity index (χ1v) is 7.93. The summed E-state index contributed by atoms with van der Waals surface area (Å²) in [5.41, 5.74) is 13.2. The molecular formula is C17H16N6O2. The van der Waals surface area contributed by atoms with Crippen LogP contribution < -0.4 is 11.5 Å². The summed E-state index contributed by atoms with van der Waals surface area (Å²) in [6.45, 7) is -0.134. The van der Waals surface area contributed by atoms with E-state index in [0.29, 0.717) is 11.5 Å². The SMILES string of the molecule is Nc1nc(N)nc(COC(=O)c2cc(C3CC3)nc3ccccc23)n1. The van der Waals surface area contributed by atoms with Crippen molar-refractivity contribution in [2.45, 2.75) is 25.4 Å². The Morgan fingerprint density at radius 2 is 1.80 bits per heavy atom. The topological polar surface area (TPSA) is 130 Å². The van der Waals surface area contributed by atoms with Crippen molar-refractivity contribution >= 4 is 28.8 Å². The number of esters is 1. The van der Waals surface area contributed by atoms with Gasteiger partial charge in [0.2, 0.25) is 11.9 Å². The van der Waals surface area contributed by atoms with E-state index >= 15 is 0 Å². The van der Waals surface area contributed by atoms with Gasteiger partial charge in [-0.2, -0.15) is 15.0 Å². The molecule has 2 aromatic heterocycles. The summed E-state index contributed by atoms with van der Waals surface area (Å²) in [6, 6.07) is 9.33. The van der Waals surface area contributed by atoms with Gasteiger partial charge in [-0.3, -0.25) is 4.98 Å². The van der Waals surface area contributed by atoms with Crippen LogP contribution in [0.1, 0.15) is 40.6 Å². The first-order valence-electron chi connectivity index (χ1n) is 7.93. The summed E-state index contributed by atoms with van der Waals surface area (Å²) in [5, 5.41) is 0.756. The zero-order valence-corrected chi connectivity index (χ0v) is 13.3. The number of benzene rings is 1. The quantitative estimate of drug-likeness (QED) is 0.690. The second kappa shape index (κ2) is 5.97. The molecule has 8 heteroatoms. The molecular weight excluding hydrogens is 320 g/mol. The van der Waals surface area contributed by atoms with Crippen molar-refractivity contribution in [3.8, 4) is 0 Å². The lowest BCUT2D eigenvalue weighted by molar-refractivity contribution is 0.0464. The number of anilines is 2. The number of pyridine rings is 1. The van der Waals surface area contributed by atoms with Gasteiger partial charge < -0.3 is 16.2 Å². The summed E-state index contributed by atoms with van der Waals surface area (Å²) in [4.78, 5) is 28.8. The van der Waals surface area contributed by atoms with E-state index < -0.39 is 5.97 Å². The van der Waals surface area contributed by atoms with Gasteiger partial charge in [-0.05, 0) is 25.0 Å². The lowest BCUT2D eigenvalue weighted by Crippen LogP contribution is -2.12. The predicted molar refractivity (Wildman–Crippen MR) is 91.5 cm³/mol. The van der Waals surface area contributed by atoms with E-state index in [1.807, 2.05) is 30.3 Å². The Hall–Kier alpha value is -3.29. The average Bonchev–Trinajstić information content (AvgIpc) is 3.43. The summed E-state index contributed by atoms with van der Waals surface area (Å²) in [7, 11) is 0. The highest BCUT2D eigenvalue weighted by Crippen LogP contribution is 2.40. The van der Waals surface area contributed by atoms with Crippen LogP contribution in [0.4, 0.5) is 11.9 Å². The van der Waals surface area contributed by atoms with Crippen LogP contribution in [0, 0.1) is 0 Å². The fourth-order valence-corrected chi connectivity index (χ4v) is 2.68. The molecule has 1 aliphatic carbocycles. The Kier molecular flexibility index (Phi) is 3.64. The Labute approximate surface area is 143 Å². The zero-order valence-electron chi connectivity index (χ0n) is 13.3. The molecule has 126 valence electrons. The highest BCUT2D eigenvalue weighted by atomic mass is 16.5. The Morgan fingerprint density at radius 3 is 2.52 bits per heavy atom. The molecule has 4 N–H and O–H groups in total.